The molecular formula is C20H22N2O6. The van der Waals surface area contributed by atoms with Gasteiger partial charge >= 0.3 is 5.97 Å². The van der Waals surface area contributed by atoms with E-state index in [9.17, 15) is 19.2 Å². The second-order valence-corrected chi connectivity index (χ2v) is 6.77. The Bertz CT molecular complexity index is 808. The summed E-state index contributed by atoms with van der Waals surface area (Å²) in [6.07, 6.45) is 4.75. The zero-order chi connectivity index (χ0) is 20.3. The summed E-state index contributed by atoms with van der Waals surface area (Å²) >= 11 is 0. The van der Waals surface area contributed by atoms with Crippen molar-refractivity contribution in [1.29, 1.82) is 0 Å². The molecule has 1 fully saturated rings. The number of nitrogens with zero attached hydrogens (tertiary/aromatic N) is 1. The van der Waals surface area contributed by atoms with Crippen LogP contribution in [-0.4, -0.2) is 48.3 Å². The number of likely N-dealkylation sites (tertiary alicyclic amines) is 1. The van der Waals surface area contributed by atoms with Gasteiger partial charge in [0.15, 0.2) is 6.61 Å². The van der Waals surface area contributed by atoms with Crippen LogP contribution in [0.1, 0.15) is 19.8 Å². The quantitative estimate of drug-likeness (QED) is 0.452. The van der Waals surface area contributed by atoms with Crippen LogP contribution in [0.3, 0.4) is 0 Å². The summed E-state index contributed by atoms with van der Waals surface area (Å²) in [4.78, 5) is 50.3. The van der Waals surface area contributed by atoms with Gasteiger partial charge in [0.1, 0.15) is 11.8 Å². The first-order valence-corrected chi connectivity index (χ1v) is 9.05. The van der Waals surface area contributed by atoms with Gasteiger partial charge in [-0.25, -0.2) is 4.79 Å². The maximum Gasteiger partial charge on any atom is 0.329 e. The third kappa shape index (κ3) is 3.90. The minimum atomic E-state index is -1.07. The normalized spacial score (nSPS) is 21.9. The average Bonchev–Trinajstić information content (AvgIpc) is 2.96. The number of rotatable bonds is 6. The van der Waals surface area contributed by atoms with E-state index < -0.39 is 36.4 Å². The third-order valence-electron chi connectivity index (χ3n) is 4.97. The number of allylic oxidation sites excluding steroid dienone is 2. The highest BCUT2D eigenvalue weighted by Gasteiger charge is 2.50. The number of carbonyl (C=O) groups is 4. The van der Waals surface area contributed by atoms with Gasteiger partial charge in [-0.05, 0) is 31.9 Å². The molecule has 3 atom stereocenters. The predicted molar refractivity (Wildman–Crippen MR) is 99.3 cm³/mol. The minimum Gasteiger partial charge on any atom is -0.497 e. The Kier molecular flexibility index (Phi) is 5.77. The van der Waals surface area contributed by atoms with Crippen LogP contribution in [0.5, 0.6) is 5.75 Å². The summed E-state index contributed by atoms with van der Waals surface area (Å²) in [6, 6.07) is 5.66. The number of imide groups is 1. The molecule has 0 radical (unpaired) electrons. The first-order valence-electron chi connectivity index (χ1n) is 9.05. The van der Waals surface area contributed by atoms with Crippen LogP contribution in [0.25, 0.3) is 0 Å². The van der Waals surface area contributed by atoms with Crippen molar-refractivity contribution < 1.29 is 28.7 Å². The van der Waals surface area contributed by atoms with Crippen molar-refractivity contribution in [3.8, 4) is 5.75 Å². The highest BCUT2D eigenvalue weighted by Crippen LogP contribution is 2.36. The lowest BCUT2D eigenvalue weighted by Gasteiger charge is -2.21. The highest BCUT2D eigenvalue weighted by atomic mass is 16.5. The van der Waals surface area contributed by atoms with E-state index in [1.54, 1.807) is 24.3 Å². The minimum absolute atomic E-state index is 0.357. The number of hydrogen-bond donors (Lipinski definition) is 1. The Morgan fingerprint density at radius 2 is 1.82 bits per heavy atom. The van der Waals surface area contributed by atoms with E-state index >= 15 is 0 Å². The second kappa shape index (κ2) is 8.24. The monoisotopic (exact) mass is 386 g/mol. The van der Waals surface area contributed by atoms with E-state index in [0.29, 0.717) is 24.3 Å². The fraction of sp³-hybridized carbons (Fsp3) is 0.400. The van der Waals surface area contributed by atoms with Gasteiger partial charge in [0.05, 0.1) is 18.9 Å². The zero-order valence-corrected chi connectivity index (χ0v) is 15.7. The van der Waals surface area contributed by atoms with Gasteiger partial charge in [0, 0.05) is 11.8 Å². The number of esters is 1. The van der Waals surface area contributed by atoms with Gasteiger partial charge in [0.25, 0.3) is 5.91 Å². The molecule has 148 valence electrons. The molecule has 1 aromatic rings. The number of amides is 3. The Balaban J connectivity index is 1.55. The molecule has 1 heterocycles. The first kappa shape index (κ1) is 19.6. The van der Waals surface area contributed by atoms with Crippen molar-refractivity contribution in [2.24, 2.45) is 11.8 Å². The van der Waals surface area contributed by atoms with E-state index in [1.165, 1.54) is 14.0 Å². The average molecular weight is 386 g/mol. The van der Waals surface area contributed by atoms with Crippen molar-refractivity contribution in [3.05, 3.63) is 36.4 Å². The van der Waals surface area contributed by atoms with Crippen LogP contribution in [-0.2, 0) is 23.9 Å². The standard InChI is InChI=1S/C20H22N2O6/c1-12(22-18(24)15-8-3-4-9-16(15)19(22)25)20(26)28-11-17(23)21-13-6-5-7-14(10-13)27-2/h3-7,10,12,15-16H,8-9,11H2,1-2H3,(H,21,23)/t12-,15-,16-/m0/s1. The fourth-order valence-corrected chi connectivity index (χ4v) is 3.47. The van der Waals surface area contributed by atoms with Gasteiger partial charge in [-0.15, -0.1) is 0 Å². The molecule has 1 aliphatic carbocycles. The number of nitrogens with one attached hydrogen (secondary N) is 1. The summed E-state index contributed by atoms with van der Waals surface area (Å²) in [6.45, 7) is 0.911. The third-order valence-corrected chi connectivity index (χ3v) is 4.97. The molecule has 2 aliphatic rings. The Morgan fingerprint density at radius 3 is 2.43 bits per heavy atom. The number of carbonyl (C=O) groups excluding carboxylic acids is 4. The van der Waals surface area contributed by atoms with Crippen LogP contribution in [0.4, 0.5) is 5.69 Å². The van der Waals surface area contributed by atoms with Crippen LogP contribution in [0.15, 0.2) is 36.4 Å². The molecule has 0 aromatic heterocycles. The van der Waals surface area contributed by atoms with E-state index in [2.05, 4.69) is 5.32 Å². The molecule has 0 spiro atoms. The van der Waals surface area contributed by atoms with Crippen molar-refractivity contribution in [1.82, 2.24) is 4.90 Å². The van der Waals surface area contributed by atoms with E-state index in [-0.39, 0.29) is 11.8 Å². The van der Waals surface area contributed by atoms with Crippen LogP contribution >= 0.6 is 0 Å². The van der Waals surface area contributed by atoms with Gasteiger partial charge in [0.2, 0.25) is 11.8 Å². The van der Waals surface area contributed by atoms with E-state index in [1.807, 2.05) is 12.2 Å². The molecule has 8 nitrogen and oxygen atoms in total. The van der Waals surface area contributed by atoms with E-state index in [0.717, 1.165) is 4.90 Å². The number of anilines is 1. The fourth-order valence-electron chi connectivity index (χ4n) is 3.47. The van der Waals surface area contributed by atoms with E-state index in [4.69, 9.17) is 9.47 Å². The molecule has 1 aromatic carbocycles. The molecule has 0 bridgehead atoms. The van der Waals surface area contributed by atoms with Crippen molar-refractivity contribution in [2.75, 3.05) is 19.0 Å². The van der Waals surface area contributed by atoms with Crippen LogP contribution in [0, 0.1) is 11.8 Å². The summed E-state index contributed by atoms with van der Waals surface area (Å²) < 4.78 is 10.1. The maximum absolute atomic E-state index is 12.5. The lowest BCUT2D eigenvalue weighted by atomic mass is 9.85. The van der Waals surface area contributed by atoms with Crippen LogP contribution < -0.4 is 10.1 Å². The molecule has 0 saturated carbocycles. The Morgan fingerprint density at radius 1 is 1.18 bits per heavy atom. The summed E-state index contributed by atoms with van der Waals surface area (Å²) in [5.41, 5.74) is 0.495. The number of fused-ring (bicyclic) bond motifs is 1. The molecule has 1 N–H and O–H groups in total. The highest BCUT2D eigenvalue weighted by molar-refractivity contribution is 6.08. The lowest BCUT2D eigenvalue weighted by molar-refractivity contribution is -0.159. The molecule has 28 heavy (non-hydrogen) atoms. The molecule has 1 aliphatic heterocycles. The SMILES string of the molecule is COc1cccc(NC(=O)COC(=O)[C@H](C)N2C(=O)[C@H]3CC=CC[C@@H]3C2=O)c1. The molecular weight excluding hydrogens is 364 g/mol. The van der Waals surface area contributed by atoms with Gasteiger partial charge in [-0.2, -0.15) is 0 Å². The largest absolute Gasteiger partial charge is 0.497 e. The summed E-state index contributed by atoms with van der Waals surface area (Å²) in [7, 11) is 1.51. The lowest BCUT2D eigenvalue weighted by Crippen LogP contribution is -2.45. The summed E-state index contributed by atoms with van der Waals surface area (Å²) in [5, 5.41) is 2.59. The smallest absolute Gasteiger partial charge is 0.329 e. The molecule has 8 heteroatoms. The van der Waals surface area contributed by atoms with Crippen LogP contribution in [0.2, 0.25) is 0 Å². The molecule has 0 unspecified atom stereocenters. The van der Waals surface area contributed by atoms with Gasteiger partial charge in [-0.3, -0.25) is 19.3 Å². The topological polar surface area (TPSA) is 102 Å². The molecule has 1 saturated heterocycles. The zero-order valence-electron chi connectivity index (χ0n) is 15.7. The first-order chi connectivity index (χ1) is 13.4. The molecule has 3 rings (SSSR count). The van der Waals surface area contributed by atoms with Crippen molar-refractivity contribution in [3.63, 3.8) is 0 Å². The summed E-state index contributed by atoms with van der Waals surface area (Å²) in [5.74, 6) is -2.30. The van der Waals surface area contributed by atoms with Crippen molar-refractivity contribution >= 4 is 29.4 Å². The Hall–Kier alpha value is -3.16. The Labute approximate surface area is 162 Å². The molecule has 3 amide bonds. The number of benzene rings is 1. The number of hydrogen-bond acceptors (Lipinski definition) is 6. The maximum atomic E-state index is 12.5. The second-order valence-electron chi connectivity index (χ2n) is 6.77. The predicted octanol–water partition coefficient (Wildman–Crippen LogP) is 1.52. The van der Waals surface area contributed by atoms with Gasteiger partial charge in [-0.1, -0.05) is 18.2 Å². The van der Waals surface area contributed by atoms with Crippen molar-refractivity contribution in [2.45, 2.75) is 25.8 Å². The number of methoxy groups -OCH3 is 1. The number of ether oxygens (including phenoxy) is 2. The van der Waals surface area contributed by atoms with Gasteiger partial charge < -0.3 is 14.8 Å².